The Morgan fingerprint density at radius 3 is 2.77 bits per heavy atom. The molecule has 170 valence electrons. The molecular formula is C22H31N3O5S. The molecule has 1 heterocycles. The third kappa shape index (κ3) is 4.35. The highest BCUT2D eigenvalue weighted by molar-refractivity contribution is 7.15. The van der Waals surface area contributed by atoms with E-state index in [2.05, 4.69) is 23.5 Å². The number of aliphatic hydroxyl groups excluding tert-OH is 2. The fourth-order valence-electron chi connectivity index (χ4n) is 5.39. The molecule has 1 saturated carbocycles. The number of hydrogen-bond donors (Lipinski definition) is 4. The van der Waals surface area contributed by atoms with Gasteiger partial charge in [0.1, 0.15) is 6.61 Å². The first-order valence-electron chi connectivity index (χ1n) is 10.5. The molecule has 9 heteroatoms. The van der Waals surface area contributed by atoms with Gasteiger partial charge >= 0.3 is 0 Å². The first-order valence-corrected chi connectivity index (χ1v) is 11.3. The highest BCUT2D eigenvalue weighted by Crippen LogP contribution is 2.62. The van der Waals surface area contributed by atoms with Crippen LogP contribution in [-0.4, -0.2) is 60.0 Å². The minimum Gasteiger partial charge on any atom is -0.396 e. The van der Waals surface area contributed by atoms with Crippen LogP contribution in [0.25, 0.3) is 0 Å². The van der Waals surface area contributed by atoms with Gasteiger partial charge in [0.15, 0.2) is 5.13 Å². The molecule has 0 unspecified atom stereocenters. The summed E-state index contributed by atoms with van der Waals surface area (Å²) < 4.78 is 4.88. The smallest absolute Gasteiger partial charge is 0.252 e. The van der Waals surface area contributed by atoms with Crippen LogP contribution in [0.3, 0.4) is 0 Å². The molecule has 31 heavy (non-hydrogen) atoms. The Hall–Kier alpha value is -1.99. The molecule has 0 saturated heterocycles. The summed E-state index contributed by atoms with van der Waals surface area (Å²) in [6, 6.07) is 0. The van der Waals surface area contributed by atoms with Crippen molar-refractivity contribution >= 4 is 28.3 Å². The number of thiazole rings is 1. The number of aromatic nitrogens is 1. The lowest BCUT2D eigenvalue weighted by molar-refractivity contribution is -0.144. The fraction of sp³-hybridized carbons (Fsp3) is 0.682. The van der Waals surface area contributed by atoms with Gasteiger partial charge in [-0.15, -0.1) is 17.8 Å². The van der Waals surface area contributed by atoms with Gasteiger partial charge in [-0.05, 0) is 30.6 Å². The van der Waals surface area contributed by atoms with Gasteiger partial charge < -0.3 is 20.3 Å². The van der Waals surface area contributed by atoms with Crippen LogP contribution in [0.5, 0.6) is 0 Å². The quantitative estimate of drug-likeness (QED) is 0.466. The summed E-state index contributed by atoms with van der Waals surface area (Å²) in [5.74, 6) is 1.69. The van der Waals surface area contributed by atoms with E-state index >= 15 is 0 Å². The third-order valence-corrected chi connectivity index (χ3v) is 8.20. The van der Waals surface area contributed by atoms with E-state index in [1.54, 1.807) is 0 Å². The van der Waals surface area contributed by atoms with Gasteiger partial charge in [0.25, 0.3) is 5.91 Å². The molecule has 2 aliphatic carbocycles. The van der Waals surface area contributed by atoms with Gasteiger partial charge in [-0.3, -0.25) is 14.9 Å². The summed E-state index contributed by atoms with van der Waals surface area (Å²) in [6.07, 6.45) is 6.74. The van der Waals surface area contributed by atoms with E-state index in [0.29, 0.717) is 24.4 Å². The first kappa shape index (κ1) is 23.7. The maximum Gasteiger partial charge on any atom is 0.252 e. The zero-order valence-electron chi connectivity index (χ0n) is 18.2. The lowest BCUT2D eigenvalue weighted by Gasteiger charge is -2.58. The maximum absolute atomic E-state index is 12.6. The normalized spacial score (nSPS) is 31.8. The molecule has 1 aromatic heterocycles. The summed E-state index contributed by atoms with van der Waals surface area (Å²) in [5.41, 5.74) is -0.232. The van der Waals surface area contributed by atoms with Gasteiger partial charge in [0, 0.05) is 29.7 Å². The number of fused-ring (bicyclic) bond motifs is 2. The van der Waals surface area contributed by atoms with Crippen LogP contribution >= 0.6 is 11.3 Å². The van der Waals surface area contributed by atoms with E-state index in [-0.39, 0.29) is 55.2 Å². The van der Waals surface area contributed by atoms with E-state index in [4.69, 9.17) is 16.1 Å². The summed E-state index contributed by atoms with van der Waals surface area (Å²) >= 11 is 1.38. The van der Waals surface area contributed by atoms with Crippen LogP contribution in [-0.2, 0) is 20.7 Å². The molecule has 4 N–H and O–H groups in total. The van der Waals surface area contributed by atoms with Gasteiger partial charge in [-0.25, -0.2) is 4.98 Å². The Balaban J connectivity index is 2.01. The van der Waals surface area contributed by atoms with Crippen LogP contribution in [0.4, 0.5) is 5.13 Å². The predicted octanol–water partition coefficient (Wildman–Crippen LogP) is 1.28. The number of nitrogens with zero attached hydrogens (tertiary/aromatic N) is 1. The Morgan fingerprint density at radius 1 is 1.39 bits per heavy atom. The molecule has 2 amide bonds. The molecule has 0 bridgehead atoms. The van der Waals surface area contributed by atoms with Crippen LogP contribution in [0.1, 0.15) is 49.6 Å². The molecule has 1 aromatic rings. The minimum absolute atomic E-state index is 0.0466. The van der Waals surface area contributed by atoms with E-state index in [1.807, 2.05) is 6.92 Å². The molecule has 0 spiro atoms. The van der Waals surface area contributed by atoms with Gasteiger partial charge in [-0.1, -0.05) is 19.8 Å². The lowest BCUT2D eigenvalue weighted by Crippen LogP contribution is -2.57. The third-order valence-electron chi connectivity index (χ3n) is 7.19. The summed E-state index contributed by atoms with van der Waals surface area (Å²) in [5, 5.41) is 27.0. The molecule has 8 nitrogen and oxygen atoms in total. The topological polar surface area (TPSA) is 121 Å². The van der Waals surface area contributed by atoms with Crippen LogP contribution in [0.2, 0.25) is 0 Å². The van der Waals surface area contributed by atoms with Crippen molar-refractivity contribution in [3.05, 3.63) is 10.6 Å². The molecular weight excluding hydrogens is 418 g/mol. The summed E-state index contributed by atoms with van der Waals surface area (Å²) in [6.45, 7) is 3.98. The van der Waals surface area contributed by atoms with Crippen molar-refractivity contribution in [1.29, 1.82) is 0 Å². The van der Waals surface area contributed by atoms with E-state index in [9.17, 15) is 19.8 Å². The standard InChI is InChI=1S/C22H31N3O5S/c1-5-8-23-17(28)9-13-19-14(31-20(25-19)24-18(29)11-30-4)10-15-21(13,2)7-6-16(27)22(15,3)12-26/h1,13,15-16,26-27H,6-12H2,2-4H3,(H,23,28)(H,24,25,29)/t13-,15+,16-,21+,22+/m1/s1. The van der Waals surface area contributed by atoms with Crippen molar-refractivity contribution in [1.82, 2.24) is 10.3 Å². The molecule has 0 radical (unpaired) electrons. The van der Waals surface area contributed by atoms with Crippen molar-refractivity contribution in [3.8, 4) is 12.3 Å². The van der Waals surface area contributed by atoms with Crippen molar-refractivity contribution in [2.24, 2.45) is 16.7 Å². The van der Waals surface area contributed by atoms with E-state index in [1.165, 1.54) is 18.4 Å². The lowest BCUT2D eigenvalue weighted by atomic mass is 9.47. The van der Waals surface area contributed by atoms with Crippen molar-refractivity contribution in [2.45, 2.75) is 51.6 Å². The number of aliphatic hydroxyl groups is 2. The SMILES string of the molecule is C#CCNC(=O)C[C@@H]1c2nc(NC(=O)COC)sc2C[C@@H]2[C@](C)(CO)[C@H](O)CC[C@]21C. The zero-order chi connectivity index (χ0) is 22.8. The molecule has 0 aromatic carbocycles. The van der Waals surface area contributed by atoms with E-state index < -0.39 is 11.5 Å². The number of amides is 2. The maximum atomic E-state index is 12.6. The Bertz CT molecular complexity index is 881. The number of terminal acetylenes is 1. The second kappa shape index (κ2) is 9.25. The Morgan fingerprint density at radius 2 is 2.13 bits per heavy atom. The number of methoxy groups -OCH3 is 1. The van der Waals surface area contributed by atoms with Crippen molar-refractivity contribution in [3.63, 3.8) is 0 Å². The number of carbonyl (C=O) groups is 2. The number of rotatable bonds is 7. The average molecular weight is 450 g/mol. The number of carbonyl (C=O) groups excluding carboxylic acids is 2. The van der Waals surface area contributed by atoms with Crippen LogP contribution in [0, 0.1) is 29.1 Å². The van der Waals surface area contributed by atoms with Crippen LogP contribution < -0.4 is 10.6 Å². The molecule has 5 atom stereocenters. The number of anilines is 1. The molecule has 0 aliphatic heterocycles. The second-order valence-electron chi connectivity index (χ2n) is 9.03. The first-order chi connectivity index (χ1) is 14.7. The fourth-order valence-corrected chi connectivity index (χ4v) is 6.48. The zero-order valence-corrected chi connectivity index (χ0v) is 19.1. The average Bonchev–Trinajstić information content (AvgIpc) is 3.13. The number of ether oxygens (including phenoxy) is 1. The number of hydrogen-bond acceptors (Lipinski definition) is 7. The summed E-state index contributed by atoms with van der Waals surface area (Å²) in [7, 11) is 1.45. The molecule has 2 aliphatic rings. The highest BCUT2D eigenvalue weighted by Gasteiger charge is 2.59. The minimum atomic E-state index is -0.693. The van der Waals surface area contributed by atoms with Gasteiger partial charge in [0.05, 0.1) is 24.9 Å². The molecule has 3 rings (SSSR count). The van der Waals surface area contributed by atoms with Gasteiger partial charge in [0.2, 0.25) is 5.91 Å². The largest absolute Gasteiger partial charge is 0.396 e. The Labute approximate surface area is 186 Å². The highest BCUT2D eigenvalue weighted by atomic mass is 32.1. The monoisotopic (exact) mass is 449 g/mol. The predicted molar refractivity (Wildman–Crippen MR) is 118 cm³/mol. The Kier molecular flexibility index (Phi) is 7.06. The summed E-state index contributed by atoms with van der Waals surface area (Å²) in [4.78, 5) is 30.3. The second-order valence-corrected chi connectivity index (χ2v) is 10.1. The molecule has 1 fully saturated rings. The van der Waals surface area contributed by atoms with Crippen molar-refractivity contribution < 1.29 is 24.5 Å². The number of nitrogens with one attached hydrogen (secondary N) is 2. The van der Waals surface area contributed by atoms with Gasteiger partial charge in [-0.2, -0.15) is 0 Å². The van der Waals surface area contributed by atoms with Crippen LogP contribution in [0.15, 0.2) is 0 Å². The van der Waals surface area contributed by atoms with E-state index in [0.717, 1.165) is 10.6 Å². The van der Waals surface area contributed by atoms with Crippen molar-refractivity contribution in [2.75, 3.05) is 32.2 Å².